The van der Waals surface area contributed by atoms with Crippen molar-refractivity contribution in [1.29, 1.82) is 0 Å². The van der Waals surface area contributed by atoms with Crippen LogP contribution in [0.4, 0.5) is 10.1 Å². The summed E-state index contributed by atoms with van der Waals surface area (Å²) in [5.74, 6) is -0.250. The number of hydrogen-bond donors (Lipinski definition) is 0. The molecular weight excluding hydrogens is 305 g/mol. The van der Waals surface area contributed by atoms with E-state index in [2.05, 4.69) is 11.7 Å². The number of rotatable bonds is 4. The highest BCUT2D eigenvalue weighted by Crippen LogP contribution is 2.19. The van der Waals surface area contributed by atoms with Crippen molar-refractivity contribution in [2.45, 2.75) is 6.92 Å². The first-order valence-corrected chi connectivity index (χ1v) is 8.17. The van der Waals surface area contributed by atoms with Crippen LogP contribution in [0.25, 0.3) is 0 Å². The maximum absolute atomic E-state index is 11.9. The van der Waals surface area contributed by atoms with Gasteiger partial charge in [0.2, 0.25) is 10.0 Å². The standard InChI is InChI=1S/C9H15N3O2S.C6H5F/c1-5-6-15(13,14)12(4)9-7-11(3)10-8(9)2;7-6-4-2-1-3-5-6/h5,7H,1,6H2,2-4H3;1-5H. The zero-order valence-corrected chi connectivity index (χ0v) is 13.7. The molecule has 1 heterocycles. The third-order valence-electron chi connectivity index (χ3n) is 2.81. The molecule has 0 atom stereocenters. The molecule has 0 aliphatic heterocycles. The topological polar surface area (TPSA) is 55.2 Å². The van der Waals surface area contributed by atoms with Crippen molar-refractivity contribution in [3.8, 4) is 0 Å². The van der Waals surface area contributed by atoms with Crippen LogP contribution in [0.3, 0.4) is 0 Å². The maximum Gasteiger partial charge on any atom is 0.238 e. The Kier molecular flexibility index (Phi) is 6.30. The molecule has 0 N–H and O–H groups in total. The number of hydrogen-bond acceptors (Lipinski definition) is 3. The van der Waals surface area contributed by atoms with E-state index >= 15 is 0 Å². The molecule has 1 aromatic heterocycles. The van der Waals surface area contributed by atoms with Gasteiger partial charge in [0.1, 0.15) is 5.82 Å². The van der Waals surface area contributed by atoms with Gasteiger partial charge in [0, 0.05) is 20.3 Å². The highest BCUT2D eigenvalue weighted by Gasteiger charge is 2.19. The largest absolute Gasteiger partial charge is 0.273 e. The minimum atomic E-state index is -3.31. The molecule has 0 aliphatic carbocycles. The molecule has 0 bridgehead atoms. The molecule has 120 valence electrons. The fourth-order valence-corrected chi connectivity index (χ4v) is 2.72. The van der Waals surface area contributed by atoms with E-state index in [1.54, 1.807) is 43.0 Å². The summed E-state index contributed by atoms with van der Waals surface area (Å²) in [5, 5.41) is 4.09. The quantitative estimate of drug-likeness (QED) is 0.812. The highest BCUT2D eigenvalue weighted by molar-refractivity contribution is 7.92. The molecule has 5 nitrogen and oxygen atoms in total. The minimum absolute atomic E-state index is 0.0716. The fraction of sp³-hybridized carbons (Fsp3) is 0.267. The number of nitrogens with zero attached hydrogens (tertiary/aromatic N) is 3. The lowest BCUT2D eigenvalue weighted by molar-refractivity contribution is 0.597. The molecule has 0 radical (unpaired) electrons. The normalized spacial score (nSPS) is 10.5. The van der Waals surface area contributed by atoms with Gasteiger partial charge in [0.15, 0.2) is 0 Å². The zero-order valence-electron chi connectivity index (χ0n) is 12.9. The molecule has 0 spiro atoms. The summed E-state index contributed by atoms with van der Waals surface area (Å²) in [4.78, 5) is 0. The molecule has 1 aromatic carbocycles. The third-order valence-corrected chi connectivity index (χ3v) is 4.49. The lowest BCUT2D eigenvalue weighted by Gasteiger charge is -2.16. The van der Waals surface area contributed by atoms with E-state index in [1.807, 2.05) is 0 Å². The second kappa shape index (κ2) is 7.74. The number of anilines is 1. The average Bonchev–Trinajstić information content (AvgIpc) is 2.78. The third kappa shape index (κ3) is 5.00. The number of aromatic nitrogens is 2. The Hall–Kier alpha value is -2.15. The van der Waals surface area contributed by atoms with Gasteiger partial charge in [0.05, 0.1) is 17.1 Å². The molecule has 0 aliphatic rings. The number of halogens is 1. The van der Waals surface area contributed by atoms with Crippen molar-refractivity contribution in [2.75, 3.05) is 17.1 Å². The van der Waals surface area contributed by atoms with Gasteiger partial charge in [0.25, 0.3) is 0 Å². The summed E-state index contributed by atoms with van der Waals surface area (Å²) >= 11 is 0. The van der Waals surface area contributed by atoms with Crippen LogP contribution >= 0.6 is 0 Å². The maximum atomic E-state index is 11.9. The predicted octanol–water partition coefficient (Wildman–Crippen LogP) is 2.51. The van der Waals surface area contributed by atoms with Gasteiger partial charge < -0.3 is 0 Å². The van der Waals surface area contributed by atoms with Crippen LogP contribution in [-0.4, -0.2) is 31.0 Å². The van der Waals surface area contributed by atoms with Crippen LogP contribution in [0.2, 0.25) is 0 Å². The predicted molar refractivity (Wildman–Crippen MR) is 86.7 cm³/mol. The summed E-state index contributed by atoms with van der Waals surface area (Å²) in [6.45, 7) is 5.20. The summed E-state index contributed by atoms with van der Waals surface area (Å²) in [7, 11) is -0.0395. The van der Waals surface area contributed by atoms with Crippen molar-refractivity contribution < 1.29 is 12.8 Å². The number of aryl methyl sites for hydroxylation is 2. The molecule has 2 rings (SSSR count). The Morgan fingerprint density at radius 1 is 1.36 bits per heavy atom. The molecule has 22 heavy (non-hydrogen) atoms. The van der Waals surface area contributed by atoms with Gasteiger partial charge in [-0.3, -0.25) is 8.99 Å². The second-order valence-electron chi connectivity index (χ2n) is 4.60. The number of sulfonamides is 1. The summed E-state index contributed by atoms with van der Waals surface area (Å²) in [6, 6.07) is 7.94. The lowest BCUT2D eigenvalue weighted by Crippen LogP contribution is -2.28. The second-order valence-corrected chi connectivity index (χ2v) is 6.65. The monoisotopic (exact) mass is 325 g/mol. The van der Waals surface area contributed by atoms with Crippen molar-refractivity contribution in [3.05, 3.63) is 60.7 Å². The van der Waals surface area contributed by atoms with E-state index in [9.17, 15) is 12.8 Å². The van der Waals surface area contributed by atoms with E-state index in [0.29, 0.717) is 11.4 Å². The summed E-state index contributed by atoms with van der Waals surface area (Å²) < 4.78 is 38.1. The molecule has 0 amide bonds. The molecular formula is C15H20FN3O2S. The fourth-order valence-electron chi connectivity index (χ4n) is 1.72. The van der Waals surface area contributed by atoms with Gasteiger partial charge in [-0.15, -0.1) is 6.58 Å². The summed E-state index contributed by atoms with van der Waals surface area (Å²) in [5.41, 5.74) is 1.28. The molecule has 0 fully saturated rings. The van der Waals surface area contributed by atoms with Crippen molar-refractivity contribution >= 4 is 15.7 Å². The van der Waals surface area contributed by atoms with E-state index in [4.69, 9.17) is 0 Å². The van der Waals surface area contributed by atoms with Gasteiger partial charge in [-0.25, -0.2) is 12.8 Å². The van der Waals surface area contributed by atoms with E-state index in [1.165, 1.54) is 29.6 Å². The highest BCUT2D eigenvalue weighted by atomic mass is 32.2. The summed E-state index contributed by atoms with van der Waals surface area (Å²) in [6.07, 6.45) is 3.05. The van der Waals surface area contributed by atoms with Crippen LogP contribution in [0.15, 0.2) is 49.2 Å². The molecule has 2 aromatic rings. The first-order chi connectivity index (χ1) is 10.3. The van der Waals surface area contributed by atoms with Gasteiger partial charge in [-0.1, -0.05) is 24.3 Å². The minimum Gasteiger partial charge on any atom is -0.273 e. The number of benzene rings is 1. The SMILES string of the molecule is C=CCS(=O)(=O)N(C)c1cn(C)nc1C.Fc1ccccc1. The Morgan fingerprint density at radius 3 is 2.32 bits per heavy atom. The van der Waals surface area contributed by atoms with Crippen LogP contribution in [-0.2, 0) is 17.1 Å². The molecule has 0 saturated carbocycles. The van der Waals surface area contributed by atoms with Crippen LogP contribution in [0.5, 0.6) is 0 Å². The first kappa shape index (κ1) is 17.9. The van der Waals surface area contributed by atoms with Crippen molar-refractivity contribution in [2.24, 2.45) is 7.05 Å². The van der Waals surface area contributed by atoms with Gasteiger partial charge >= 0.3 is 0 Å². The average molecular weight is 325 g/mol. The first-order valence-electron chi connectivity index (χ1n) is 6.56. The Balaban J connectivity index is 0.000000287. The van der Waals surface area contributed by atoms with E-state index < -0.39 is 10.0 Å². The van der Waals surface area contributed by atoms with E-state index in [-0.39, 0.29) is 11.6 Å². The van der Waals surface area contributed by atoms with Crippen LogP contribution < -0.4 is 4.31 Å². The smallest absolute Gasteiger partial charge is 0.238 e. The van der Waals surface area contributed by atoms with Crippen molar-refractivity contribution in [3.63, 3.8) is 0 Å². The molecule has 0 saturated heterocycles. The van der Waals surface area contributed by atoms with E-state index in [0.717, 1.165) is 0 Å². The van der Waals surface area contributed by atoms with Gasteiger partial charge in [-0.05, 0) is 19.1 Å². The Morgan fingerprint density at radius 2 is 1.95 bits per heavy atom. The zero-order chi connectivity index (χ0) is 16.8. The van der Waals surface area contributed by atoms with Gasteiger partial charge in [-0.2, -0.15) is 5.10 Å². The lowest BCUT2D eigenvalue weighted by atomic mass is 10.4. The Bertz CT molecular complexity index is 712. The molecule has 0 unspecified atom stereocenters. The molecule has 7 heteroatoms. The Labute approximate surface area is 130 Å². The van der Waals surface area contributed by atoms with Crippen LogP contribution in [0.1, 0.15) is 5.69 Å². The van der Waals surface area contributed by atoms with Crippen LogP contribution in [0, 0.1) is 12.7 Å². The van der Waals surface area contributed by atoms with Crippen molar-refractivity contribution in [1.82, 2.24) is 9.78 Å².